The molecule has 0 radical (unpaired) electrons. The molecule has 1 aromatic heterocycles. The predicted molar refractivity (Wildman–Crippen MR) is 78.4 cm³/mol. The first-order valence-corrected chi connectivity index (χ1v) is 6.53. The smallest absolute Gasteiger partial charge is 0.0931 e. The third-order valence-corrected chi connectivity index (χ3v) is 3.18. The molecule has 0 spiro atoms. The van der Waals surface area contributed by atoms with Gasteiger partial charge < -0.3 is 10.0 Å². The number of hydrogen-bond acceptors (Lipinski definition) is 3. The van der Waals surface area contributed by atoms with Crippen LogP contribution < -0.4 is 4.90 Å². The van der Waals surface area contributed by atoms with Gasteiger partial charge in [-0.1, -0.05) is 23.7 Å². The zero-order chi connectivity index (χ0) is 13.8. The van der Waals surface area contributed by atoms with Crippen LogP contribution in [0.5, 0.6) is 0 Å². The highest BCUT2D eigenvalue weighted by Gasteiger charge is 2.06. The Morgan fingerprint density at radius 1 is 1.32 bits per heavy atom. The third-order valence-electron chi connectivity index (χ3n) is 2.95. The van der Waals surface area contributed by atoms with E-state index in [0.717, 1.165) is 22.8 Å². The van der Waals surface area contributed by atoms with Gasteiger partial charge in [0, 0.05) is 18.6 Å². The van der Waals surface area contributed by atoms with E-state index in [2.05, 4.69) is 9.88 Å². The maximum absolute atomic E-state index is 9.43. The number of rotatable bonds is 4. The molecule has 4 heteroatoms. The molecule has 0 aliphatic carbocycles. The minimum Gasteiger partial charge on any atom is -0.387 e. The molecular formula is C15H17ClN2O. The van der Waals surface area contributed by atoms with E-state index in [9.17, 15) is 5.11 Å². The van der Waals surface area contributed by atoms with Crippen LogP contribution in [-0.4, -0.2) is 17.1 Å². The lowest BCUT2D eigenvalue weighted by molar-refractivity contribution is 0.194. The van der Waals surface area contributed by atoms with Gasteiger partial charge in [0.1, 0.15) is 0 Å². The molecule has 19 heavy (non-hydrogen) atoms. The normalized spacial score (nSPS) is 12.2. The Morgan fingerprint density at radius 3 is 2.68 bits per heavy atom. The van der Waals surface area contributed by atoms with Crippen molar-refractivity contribution < 1.29 is 5.11 Å². The number of pyridine rings is 1. The van der Waals surface area contributed by atoms with Crippen LogP contribution in [0.15, 0.2) is 42.6 Å². The zero-order valence-corrected chi connectivity index (χ0v) is 11.8. The molecular weight excluding hydrogens is 260 g/mol. The Bertz CT molecular complexity index is 540. The van der Waals surface area contributed by atoms with Gasteiger partial charge in [0.15, 0.2) is 0 Å². The van der Waals surface area contributed by atoms with E-state index in [0.29, 0.717) is 5.69 Å². The third kappa shape index (κ3) is 3.69. The Kier molecular flexibility index (Phi) is 4.40. The summed E-state index contributed by atoms with van der Waals surface area (Å²) in [6.45, 7) is 2.47. The molecule has 3 nitrogen and oxygen atoms in total. The SMILES string of the molecule is CC(O)c1ccc(N(C)Cc2cccc(Cl)c2)cn1. The van der Waals surface area contributed by atoms with Gasteiger partial charge >= 0.3 is 0 Å². The summed E-state index contributed by atoms with van der Waals surface area (Å²) >= 11 is 5.97. The van der Waals surface area contributed by atoms with Crippen LogP contribution in [0.2, 0.25) is 5.02 Å². The molecule has 0 saturated heterocycles. The van der Waals surface area contributed by atoms with Gasteiger partial charge in [-0.2, -0.15) is 0 Å². The minimum absolute atomic E-state index is 0.535. The van der Waals surface area contributed by atoms with Crippen LogP contribution in [0.1, 0.15) is 24.3 Å². The van der Waals surface area contributed by atoms with E-state index in [4.69, 9.17) is 11.6 Å². The van der Waals surface area contributed by atoms with Gasteiger partial charge in [-0.3, -0.25) is 4.98 Å². The average molecular weight is 277 g/mol. The number of nitrogens with zero attached hydrogens (tertiary/aromatic N) is 2. The highest BCUT2D eigenvalue weighted by Crippen LogP contribution is 2.18. The minimum atomic E-state index is -0.535. The fourth-order valence-corrected chi connectivity index (χ4v) is 2.08. The summed E-state index contributed by atoms with van der Waals surface area (Å²) in [4.78, 5) is 6.33. The van der Waals surface area contributed by atoms with E-state index in [-0.39, 0.29) is 0 Å². The average Bonchev–Trinajstić information content (AvgIpc) is 2.39. The van der Waals surface area contributed by atoms with E-state index in [1.54, 1.807) is 13.1 Å². The van der Waals surface area contributed by atoms with Crippen molar-refractivity contribution in [1.82, 2.24) is 4.98 Å². The van der Waals surface area contributed by atoms with Crippen LogP contribution in [0, 0.1) is 0 Å². The lowest BCUT2D eigenvalue weighted by atomic mass is 10.2. The second-order valence-corrected chi connectivity index (χ2v) is 5.04. The van der Waals surface area contributed by atoms with Crippen molar-refractivity contribution >= 4 is 17.3 Å². The standard InChI is InChI=1S/C15H17ClN2O/c1-11(19)15-7-6-14(9-17-15)18(2)10-12-4-3-5-13(16)8-12/h3-9,11,19H,10H2,1-2H3. The van der Waals surface area contributed by atoms with E-state index >= 15 is 0 Å². The Morgan fingerprint density at radius 2 is 2.11 bits per heavy atom. The Labute approximate surface area is 118 Å². The summed E-state index contributed by atoms with van der Waals surface area (Å²) in [6, 6.07) is 11.6. The van der Waals surface area contributed by atoms with Gasteiger partial charge in [-0.05, 0) is 36.8 Å². The van der Waals surface area contributed by atoms with Gasteiger partial charge in [0.25, 0.3) is 0 Å². The fourth-order valence-electron chi connectivity index (χ4n) is 1.87. The maximum atomic E-state index is 9.43. The van der Waals surface area contributed by atoms with Gasteiger partial charge in [-0.25, -0.2) is 0 Å². The maximum Gasteiger partial charge on any atom is 0.0931 e. The molecule has 1 aromatic carbocycles. The monoisotopic (exact) mass is 276 g/mol. The molecule has 0 aliphatic rings. The van der Waals surface area contributed by atoms with Crippen molar-refractivity contribution in [2.24, 2.45) is 0 Å². The van der Waals surface area contributed by atoms with Crippen LogP contribution in [0.4, 0.5) is 5.69 Å². The van der Waals surface area contributed by atoms with Crippen LogP contribution >= 0.6 is 11.6 Å². The first-order chi connectivity index (χ1) is 9.06. The van der Waals surface area contributed by atoms with Gasteiger partial charge in [-0.15, -0.1) is 0 Å². The van der Waals surface area contributed by atoms with Crippen molar-refractivity contribution in [3.63, 3.8) is 0 Å². The van der Waals surface area contributed by atoms with Crippen LogP contribution in [0.3, 0.4) is 0 Å². The van der Waals surface area contributed by atoms with Crippen LogP contribution in [0.25, 0.3) is 0 Å². The summed E-state index contributed by atoms with van der Waals surface area (Å²) in [5.74, 6) is 0. The molecule has 100 valence electrons. The second kappa shape index (κ2) is 6.04. The first-order valence-electron chi connectivity index (χ1n) is 6.16. The molecule has 2 aromatic rings. The molecule has 0 bridgehead atoms. The molecule has 1 atom stereocenters. The second-order valence-electron chi connectivity index (χ2n) is 4.60. The topological polar surface area (TPSA) is 36.4 Å². The summed E-state index contributed by atoms with van der Waals surface area (Å²) in [5.41, 5.74) is 2.83. The summed E-state index contributed by atoms with van der Waals surface area (Å²) in [6.07, 6.45) is 1.24. The van der Waals surface area contributed by atoms with Crippen molar-refractivity contribution in [3.05, 3.63) is 58.9 Å². The molecule has 0 saturated carbocycles. The van der Waals surface area contributed by atoms with E-state index < -0.39 is 6.10 Å². The summed E-state index contributed by atoms with van der Waals surface area (Å²) < 4.78 is 0. The summed E-state index contributed by atoms with van der Waals surface area (Å²) in [7, 11) is 2.00. The number of aliphatic hydroxyl groups is 1. The molecule has 2 rings (SSSR count). The highest BCUT2D eigenvalue weighted by atomic mass is 35.5. The Balaban J connectivity index is 2.09. The molecule has 0 aliphatic heterocycles. The lowest BCUT2D eigenvalue weighted by Crippen LogP contribution is -2.16. The van der Waals surface area contributed by atoms with Gasteiger partial charge in [0.05, 0.1) is 23.7 Å². The molecule has 1 heterocycles. The predicted octanol–water partition coefficient (Wildman–Crippen LogP) is 3.42. The van der Waals surface area contributed by atoms with E-state index in [1.165, 1.54) is 0 Å². The van der Waals surface area contributed by atoms with E-state index in [1.807, 2.05) is 43.4 Å². The van der Waals surface area contributed by atoms with Gasteiger partial charge in [0.2, 0.25) is 0 Å². The molecule has 0 amide bonds. The lowest BCUT2D eigenvalue weighted by Gasteiger charge is -2.19. The summed E-state index contributed by atoms with van der Waals surface area (Å²) in [5, 5.41) is 10.2. The van der Waals surface area contributed by atoms with Crippen molar-refractivity contribution in [1.29, 1.82) is 0 Å². The highest BCUT2D eigenvalue weighted by molar-refractivity contribution is 6.30. The van der Waals surface area contributed by atoms with Crippen molar-refractivity contribution in [2.45, 2.75) is 19.6 Å². The number of aromatic nitrogens is 1. The Hall–Kier alpha value is -1.58. The molecule has 1 N–H and O–H groups in total. The number of benzene rings is 1. The molecule has 1 unspecified atom stereocenters. The quantitative estimate of drug-likeness (QED) is 0.929. The zero-order valence-electron chi connectivity index (χ0n) is 11.0. The number of anilines is 1. The number of halogens is 1. The fraction of sp³-hybridized carbons (Fsp3) is 0.267. The largest absolute Gasteiger partial charge is 0.387 e. The van der Waals surface area contributed by atoms with Crippen molar-refractivity contribution in [2.75, 3.05) is 11.9 Å². The number of hydrogen-bond donors (Lipinski definition) is 1. The van der Waals surface area contributed by atoms with Crippen molar-refractivity contribution in [3.8, 4) is 0 Å². The van der Waals surface area contributed by atoms with Crippen LogP contribution in [-0.2, 0) is 6.54 Å². The molecule has 0 fully saturated rings. The first kappa shape index (κ1) is 13.8. The number of aliphatic hydroxyl groups excluding tert-OH is 1.